The van der Waals surface area contributed by atoms with E-state index in [0.717, 1.165) is 55.3 Å². The maximum atomic E-state index is 6.17. The van der Waals surface area contributed by atoms with Crippen LogP contribution in [0.15, 0.2) is 46.3 Å². The monoisotopic (exact) mass is 383 g/mol. The van der Waals surface area contributed by atoms with Crippen molar-refractivity contribution in [3.8, 4) is 0 Å². The van der Waals surface area contributed by atoms with Crippen LogP contribution in [0.25, 0.3) is 5.70 Å². The molecule has 2 aliphatic heterocycles. The molecule has 7 nitrogen and oxygen atoms in total. The molecule has 0 saturated carbocycles. The van der Waals surface area contributed by atoms with Crippen molar-refractivity contribution in [2.75, 3.05) is 13.1 Å². The third-order valence-electron chi connectivity index (χ3n) is 5.13. The number of nitrogens with zero attached hydrogens (tertiary/aromatic N) is 5. The molecule has 0 radical (unpaired) electrons. The predicted octanol–water partition coefficient (Wildman–Crippen LogP) is 3.19. The highest BCUT2D eigenvalue weighted by atomic mass is 35.5. The van der Waals surface area contributed by atoms with Gasteiger partial charge in [-0.25, -0.2) is 15.8 Å². The minimum atomic E-state index is 0.317. The summed E-state index contributed by atoms with van der Waals surface area (Å²) < 4.78 is 0. The maximum Gasteiger partial charge on any atom is 0.141 e. The number of hydrogen-bond donors (Lipinski definition) is 2. The molecule has 0 aliphatic carbocycles. The van der Waals surface area contributed by atoms with Crippen molar-refractivity contribution in [3.05, 3.63) is 52.6 Å². The van der Waals surface area contributed by atoms with Gasteiger partial charge in [0.15, 0.2) is 0 Å². The number of hydrogen-bond acceptors (Lipinski definition) is 6. The topological polar surface area (TPSA) is 85.9 Å². The van der Waals surface area contributed by atoms with Crippen LogP contribution in [0.2, 0.25) is 5.15 Å². The van der Waals surface area contributed by atoms with Crippen LogP contribution in [-0.2, 0) is 6.54 Å². The van der Waals surface area contributed by atoms with E-state index < -0.39 is 0 Å². The lowest BCUT2D eigenvalue weighted by molar-refractivity contribution is 0.190. The number of aromatic amines is 1. The van der Waals surface area contributed by atoms with E-state index in [1.807, 2.05) is 30.6 Å². The van der Waals surface area contributed by atoms with Crippen molar-refractivity contribution in [2.24, 2.45) is 21.7 Å². The van der Waals surface area contributed by atoms with Crippen LogP contribution in [0.3, 0.4) is 0 Å². The van der Waals surface area contributed by atoms with Gasteiger partial charge in [0.25, 0.3) is 0 Å². The molecule has 0 amide bonds. The molecule has 4 heterocycles. The van der Waals surface area contributed by atoms with Gasteiger partial charge in [-0.2, -0.15) is 0 Å². The molecular formula is C19H22ClN7. The molecule has 0 spiro atoms. The minimum Gasteiger partial charge on any atom is -0.346 e. The second-order valence-corrected chi connectivity index (χ2v) is 7.21. The third kappa shape index (κ3) is 3.66. The Kier molecular flexibility index (Phi) is 5.07. The average Bonchev–Trinajstić information content (AvgIpc) is 3.16. The number of allylic oxidation sites excluding steroid dienone is 1. The van der Waals surface area contributed by atoms with Crippen LogP contribution in [0, 0.1) is 5.92 Å². The lowest BCUT2D eigenvalue weighted by atomic mass is 9.90. The second-order valence-electron chi connectivity index (χ2n) is 6.82. The van der Waals surface area contributed by atoms with E-state index in [2.05, 4.69) is 31.6 Å². The summed E-state index contributed by atoms with van der Waals surface area (Å²) in [6.45, 7) is 6.66. The largest absolute Gasteiger partial charge is 0.346 e. The van der Waals surface area contributed by atoms with Crippen LogP contribution < -0.4 is 5.84 Å². The summed E-state index contributed by atoms with van der Waals surface area (Å²) in [4.78, 5) is 18.4. The zero-order valence-corrected chi connectivity index (χ0v) is 15.7. The highest BCUT2D eigenvalue weighted by Gasteiger charge is 2.28. The summed E-state index contributed by atoms with van der Waals surface area (Å²) in [7, 11) is 0. The van der Waals surface area contributed by atoms with Gasteiger partial charge in [-0.05, 0) is 50.3 Å². The number of aromatic nitrogens is 2. The Bertz CT molecular complexity index is 876. The molecule has 3 N–H and O–H groups in total. The van der Waals surface area contributed by atoms with Crippen molar-refractivity contribution in [1.82, 2.24) is 19.9 Å². The Labute approximate surface area is 163 Å². The Hall–Kier alpha value is -2.48. The first-order valence-electron chi connectivity index (χ1n) is 8.95. The van der Waals surface area contributed by atoms with Gasteiger partial charge < -0.3 is 4.98 Å². The quantitative estimate of drug-likeness (QED) is 0.482. The molecule has 140 valence electrons. The van der Waals surface area contributed by atoms with Crippen LogP contribution in [0.4, 0.5) is 5.82 Å². The minimum absolute atomic E-state index is 0.317. The zero-order chi connectivity index (χ0) is 18.8. The maximum absolute atomic E-state index is 6.17. The summed E-state index contributed by atoms with van der Waals surface area (Å²) >= 11 is 5.87. The van der Waals surface area contributed by atoms with Crippen molar-refractivity contribution < 1.29 is 0 Å². The molecule has 8 heteroatoms. The van der Waals surface area contributed by atoms with E-state index in [1.165, 1.54) is 5.56 Å². The number of H-pyrrole nitrogens is 1. The van der Waals surface area contributed by atoms with Gasteiger partial charge >= 0.3 is 0 Å². The van der Waals surface area contributed by atoms with E-state index in [9.17, 15) is 0 Å². The average molecular weight is 384 g/mol. The number of rotatable bonds is 4. The molecule has 0 unspecified atom stereocenters. The smallest absolute Gasteiger partial charge is 0.141 e. The summed E-state index contributed by atoms with van der Waals surface area (Å²) in [5, 5.41) is 2.07. The molecule has 2 aliphatic rings. The van der Waals surface area contributed by atoms with Crippen LogP contribution >= 0.6 is 11.6 Å². The number of nitrogens with one attached hydrogen (secondary N) is 1. The first-order valence-corrected chi connectivity index (χ1v) is 9.33. The molecular weight excluding hydrogens is 362 g/mol. The van der Waals surface area contributed by atoms with Crippen molar-refractivity contribution in [1.29, 1.82) is 0 Å². The number of halogens is 1. The van der Waals surface area contributed by atoms with Gasteiger partial charge in [-0.15, -0.1) is 0 Å². The summed E-state index contributed by atoms with van der Waals surface area (Å²) in [5.74, 6) is 7.30. The fraction of sp³-hybridized carbons (Fsp3) is 0.316. The van der Waals surface area contributed by atoms with E-state index in [4.69, 9.17) is 17.4 Å². The summed E-state index contributed by atoms with van der Waals surface area (Å²) in [5.41, 5.74) is 3.97. The molecule has 27 heavy (non-hydrogen) atoms. The Morgan fingerprint density at radius 2 is 2.15 bits per heavy atom. The molecule has 0 bridgehead atoms. The number of fused-ring (bicyclic) bond motifs is 1. The normalized spacial score (nSPS) is 19.9. The summed E-state index contributed by atoms with van der Waals surface area (Å²) in [6.07, 6.45) is 7.33. The van der Waals surface area contributed by atoms with Crippen molar-refractivity contribution in [3.63, 3.8) is 0 Å². The standard InChI is InChI=1S/C19H22ClN7/c1-22-17(18-15-4-7-23-19(15)25-12-27(18)21)14-5-8-26(9-6-14)11-13-2-3-16(20)24-10-13/h2-4,7,10,12,14,23H,1,5-6,8-9,11,21H2/b18-17-. The SMILES string of the molecule is C=N/C(=C1/c2cc[nH]c2N=CN1N)C1CCN(Cc2ccc(Cl)nc2)CC1. The van der Waals surface area contributed by atoms with Gasteiger partial charge in [-0.3, -0.25) is 14.9 Å². The first kappa shape index (κ1) is 17.9. The number of pyridine rings is 1. The van der Waals surface area contributed by atoms with Gasteiger partial charge in [-0.1, -0.05) is 17.7 Å². The highest BCUT2D eigenvalue weighted by molar-refractivity contribution is 6.29. The molecule has 0 aromatic carbocycles. The lowest BCUT2D eigenvalue weighted by Crippen LogP contribution is -2.36. The van der Waals surface area contributed by atoms with Crippen LogP contribution in [0.5, 0.6) is 0 Å². The van der Waals surface area contributed by atoms with Crippen LogP contribution in [0.1, 0.15) is 24.0 Å². The van der Waals surface area contributed by atoms with Gasteiger partial charge in [0.1, 0.15) is 17.3 Å². The lowest BCUT2D eigenvalue weighted by Gasteiger charge is -2.34. The number of likely N-dealkylation sites (tertiary alicyclic amines) is 1. The molecule has 4 rings (SSSR count). The fourth-order valence-corrected chi connectivity index (χ4v) is 3.88. The number of hydrazine groups is 1. The Morgan fingerprint density at radius 1 is 1.33 bits per heavy atom. The van der Waals surface area contributed by atoms with E-state index in [-0.39, 0.29) is 0 Å². The number of piperidine rings is 1. The molecule has 2 aromatic rings. The molecule has 0 atom stereocenters. The van der Waals surface area contributed by atoms with Crippen molar-refractivity contribution in [2.45, 2.75) is 19.4 Å². The zero-order valence-electron chi connectivity index (χ0n) is 15.0. The number of aliphatic imine (C=N–C) groups is 2. The molecule has 1 fully saturated rings. The van der Waals surface area contributed by atoms with Crippen molar-refractivity contribution >= 4 is 36.2 Å². The Balaban J connectivity index is 1.49. The van der Waals surface area contributed by atoms with Gasteiger partial charge in [0.2, 0.25) is 0 Å². The van der Waals surface area contributed by atoms with E-state index in [0.29, 0.717) is 11.1 Å². The van der Waals surface area contributed by atoms with E-state index >= 15 is 0 Å². The van der Waals surface area contributed by atoms with Gasteiger partial charge in [0.05, 0.1) is 11.4 Å². The third-order valence-corrected chi connectivity index (χ3v) is 5.36. The first-order chi connectivity index (χ1) is 13.2. The highest BCUT2D eigenvalue weighted by Crippen LogP contribution is 2.37. The Morgan fingerprint density at radius 3 is 2.85 bits per heavy atom. The van der Waals surface area contributed by atoms with Crippen LogP contribution in [-0.4, -0.2) is 46.0 Å². The summed E-state index contributed by atoms with van der Waals surface area (Å²) in [6, 6.07) is 5.85. The molecule has 2 aromatic heterocycles. The van der Waals surface area contributed by atoms with Gasteiger partial charge in [0, 0.05) is 30.4 Å². The van der Waals surface area contributed by atoms with E-state index in [1.54, 1.807) is 11.3 Å². The molecule has 1 saturated heterocycles. The number of nitrogens with two attached hydrogens (primary N) is 1. The second kappa shape index (κ2) is 7.64. The predicted molar refractivity (Wildman–Crippen MR) is 109 cm³/mol. The fourth-order valence-electron chi connectivity index (χ4n) is 3.77.